The maximum Gasteiger partial charge on any atom is 0.193 e. The molecule has 5 heteroatoms. The molecule has 3 heterocycles. The van der Waals surface area contributed by atoms with Crippen molar-refractivity contribution in [3.63, 3.8) is 0 Å². The average molecular weight is 307 g/mol. The highest BCUT2D eigenvalue weighted by atomic mass is 32.1. The van der Waals surface area contributed by atoms with Crippen molar-refractivity contribution in [2.45, 2.75) is 45.6 Å². The van der Waals surface area contributed by atoms with E-state index in [0.29, 0.717) is 0 Å². The Balaban J connectivity index is 1.76. The highest BCUT2D eigenvalue weighted by molar-refractivity contribution is 7.15. The van der Waals surface area contributed by atoms with Gasteiger partial charge in [0.25, 0.3) is 0 Å². The van der Waals surface area contributed by atoms with Crippen LogP contribution in [-0.2, 0) is 11.2 Å². The van der Waals surface area contributed by atoms with Crippen LogP contribution in [0.25, 0.3) is 4.96 Å². The number of rotatable bonds is 4. The summed E-state index contributed by atoms with van der Waals surface area (Å²) < 4.78 is 7.72. The number of thiazole rings is 1. The quantitative estimate of drug-likeness (QED) is 0.943. The minimum atomic E-state index is 0.153. The molecule has 1 aliphatic rings. The largest absolute Gasteiger partial charge is 0.381 e. The fraction of sp³-hybridized carbons (Fsp3) is 0.688. The SMILES string of the molecule is CC(C)(C)NCC1(Cc2cn3ccsc3n2)CCOCC1. The number of hydrogen-bond donors (Lipinski definition) is 1. The Hall–Kier alpha value is -0.910. The molecule has 3 rings (SSSR count). The van der Waals surface area contributed by atoms with Crippen molar-refractivity contribution in [3.05, 3.63) is 23.5 Å². The van der Waals surface area contributed by atoms with E-state index in [9.17, 15) is 0 Å². The second kappa shape index (κ2) is 5.71. The predicted molar refractivity (Wildman–Crippen MR) is 87.0 cm³/mol. The molecular formula is C16H25N3OS. The third kappa shape index (κ3) is 3.65. The van der Waals surface area contributed by atoms with Crippen molar-refractivity contribution in [2.24, 2.45) is 5.41 Å². The number of nitrogens with zero attached hydrogens (tertiary/aromatic N) is 2. The van der Waals surface area contributed by atoms with E-state index in [4.69, 9.17) is 9.72 Å². The van der Waals surface area contributed by atoms with Crippen LogP contribution in [0.2, 0.25) is 0 Å². The van der Waals surface area contributed by atoms with Crippen LogP contribution in [0, 0.1) is 5.41 Å². The molecule has 1 aliphatic heterocycles. The molecule has 0 radical (unpaired) electrons. The van der Waals surface area contributed by atoms with E-state index in [1.54, 1.807) is 11.3 Å². The van der Waals surface area contributed by atoms with Crippen molar-refractivity contribution in [1.82, 2.24) is 14.7 Å². The molecule has 0 bridgehead atoms. The normalized spacial score (nSPS) is 19.2. The number of ether oxygens (including phenoxy) is 1. The summed E-state index contributed by atoms with van der Waals surface area (Å²) in [6, 6.07) is 0. The topological polar surface area (TPSA) is 38.6 Å². The van der Waals surface area contributed by atoms with Gasteiger partial charge in [-0.1, -0.05) is 0 Å². The van der Waals surface area contributed by atoms with Gasteiger partial charge in [0.05, 0.1) is 5.69 Å². The maximum absolute atomic E-state index is 5.59. The molecule has 1 N–H and O–H groups in total. The molecular weight excluding hydrogens is 282 g/mol. The van der Waals surface area contributed by atoms with Crippen LogP contribution in [-0.4, -0.2) is 34.7 Å². The monoisotopic (exact) mass is 307 g/mol. The molecule has 21 heavy (non-hydrogen) atoms. The van der Waals surface area contributed by atoms with Gasteiger partial charge in [-0.05, 0) is 45.4 Å². The van der Waals surface area contributed by atoms with Gasteiger partial charge in [0.1, 0.15) is 0 Å². The molecule has 2 aromatic rings. The summed E-state index contributed by atoms with van der Waals surface area (Å²) >= 11 is 1.70. The summed E-state index contributed by atoms with van der Waals surface area (Å²) in [5.41, 5.74) is 1.63. The van der Waals surface area contributed by atoms with Crippen LogP contribution < -0.4 is 5.32 Å². The fourth-order valence-electron chi connectivity index (χ4n) is 2.92. The molecule has 0 spiro atoms. The van der Waals surface area contributed by atoms with Crippen molar-refractivity contribution >= 4 is 16.3 Å². The number of fused-ring (bicyclic) bond motifs is 1. The Morgan fingerprint density at radius 1 is 1.38 bits per heavy atom. The number of aromatic nitrogens is 2. The molecule has 116 valence electrons. The minimum Gasteiger partial charge on any atom is -0.381 e. The van der Waals surface area contributed by atoms with Gasteiger partial charge >= 0.3 is 0 Å². The van der Waals surface area contributed by atoms with Crippen LogP contribution in [0.15, 0.2) is 17.8 Å². The molecule has 0 aliphatic carbocycles. The van der Waals surface area contributed by atoms with Crippen molar-refractivity contribution in [2.75, 3.05) is 19.8 Å². The van der Waals surface area contributed by atoms with Gasteiger partial charge in [-0.25, -0.2) is 4.98 Å². The van der Waals surface area contributed by atoms with Crippen LogP contribution in [0.4, 0.5) is 0 Å². The van der Waals surface area contributed by atoms with Gasteiger partial charge < -0.3 is 10.1 Å². The first-order valence-electron chi connectivity index (χ1n) is 7.70. The first-order valence-corrected chi connectivity index (χ1v) is 8.58. The van der Waals surface area contributed by atoms with Crippen molar-refractivity contribution in [1.29, 1.82) is 0 Å². The summed E-state index contributed by atoms with van der Waals surface area (Å²) in [7, 11) is 0. The van der Waals surface area contributed by atoms with E-state index in [0.717, 1.165) is 44.0 Å². The first-order chi connectivity index (χ1) is 9.96. The van der Waals surface area contributed by atoms with Gasteiger partial charge in [-0.15, -0.1) is 11.3 Å². The zero-order valence-electron chi connectivity index (χ0n) is 13.2. The minimum absolute atomic E-state index is 0.153. The molecule has 0 unspecified atom stereocenters. The molecule has 1 saturated heterocycles. The highest BCUT2D eigenvalue weighted by Crippen LogP contribution is 2.34. The third-order valence-corrected chi connectivity index (χ3v) is 5.02. The molecule has 1 fully saturated rings. The van der Waals surface area contributed by atoms with Crippen LogP contribution in [0.1, 0.15) is 39.3 Å². The van der Waals surface area contributed by atoms with Crippen LogP contribution >= 0.6 is 11.3 Å². The van der Waals surface area contributed by atoms with E-state index in [-0.39, 0.29) is 11.0 Å². The van der Waals surface area contributed by atoms with E-state index >= 15 is 0 Å². The smallest absolute Gasteiger partial charge is 0.193 e. The molecule has 0 aromatic carbocycles. The molecule has 0 atom stereocenters. The number of imidazole rings is 1. The summed E-state index contributed by atoms with van der Waals surface area (Å²) in [6.45, 7) is 9.46. The lowest BCUT2D eigenvalue weighted by molar-refractivity contribution is 0.0117. The predicted octanol–water partition coefficient (Wildman–Crippen LogP) is 3.12. The van der Waals surface area contributed by atoms with Gasteiger partial charge in [0.15, 0.2) is 4.96 Å². The Morgan fingerprint density at radius 3 is 2.81 bits per heavy atom. The van der Waals surface area contributed by atoms with Crippen LogP contribution in [0.5, 0.6) is 0 Å². The second-order valence-electron chi connectivity index (χ2n) is 7.22. The van der Waals surface area contributed by atoms with Gasteiger partial charge in [0.2, 0.25) is 0 Å². The van der Waals surface area contributed by atoms with Crippen LogP contribution in [0.3, 0.4) is 0 Å². The second-order valence-corrected chi connectivity index (χ2v) is 8.09. The van der Waals surface area contributed by atoms with E-state index in [1.807, 2.05) is 0 Å². The molecule has 0 saturated carbocycles. The number of hydrogen-bond acceptors (Lipinski definition) is 4. The Labute approximate surface area is 130 Å². The molecule has 0 amide bonds. The van der Waals surface area contributed by atoms with E-state index in [2.05, 4.69) is 48.3 Å². The lowest BCUT2D eigenvalue weighted by atomic mass is 9.76. The standard InChI is InChI=1S/C16H25N3OS/c1-15(2,3)17-12-16(4-7-20-8-5-16)10-13-11-19-6-9-21-14(19)18-13/h6,9,11,17H,4-5,7-8,10,12H2,1-3H3. The summed E-state index contributed by atoms with van der Waals surface area (Å²) in [6.07, 6.45) is 7.52. The zero-order chi connectivity index (χ0) is 14.9. The summed E-state index contributed by atoms with van der Waals surface area (Å²) in [5, 5.41) is 5.77. The Bertz CT molecular complexity index is 561. The zero-order valence-corrected chi connectivity index (χ0v) is 14.0. The number of nitrogens with one attached hydrogen (secondary N) is 1. The first kappa shape index (κ1) is 15.0. The lowest BCUT2D eigenvalue weighted by Crippen LogP contribution is -2.47. The molecule has 4 nitrogen and oxygen atoms in total. The Kier molecular flexibility index (Phi) is 4.08. The maximum atomic E-state index is 5.59. The average Bonchev–Trinajstić information content (AvgIpc) is 2.98. The van der Waals surface area contributed by atoms with Gasteiger partial charge in [0, 0.05) is 43.1 Å². The summed E-state index contributed by atoms with van der Waals surface area (Å²) in [5.74, 6) is 0. The molecule has 2 aromatic heterocycles. The summed E-state index contributed by atoms with van der Waals surface area (Å²) in [4.78, 5) is 5.86. The highest BCUT2D eigenvalue weighted by Gasteiger charge is 2.34. The van der Waals surface area contributed by atoms with E-state index < -0.39 is 0 Å². The van der Waals surface area contributed by atoms with Gasteiger partial charge in [-0.3, -0.25) is 4.40 Å². The third-order valence-electron chi connectivity index (χ3n) is 4.25. The Morgan fingerprint density at radius 2 is 2.14 bits per heavy atom. The lowest BCUT2D eigenvalue weighted by Gasteiger charge is -2.39. The van der Waals surface area contributed by atoms with E-state index in [1.165, 1.54) is 5.69 Å². The fourth-order valence-corrected chi connectivity index (χ4v) is 3.64. The van der Waals surface area contributed by atoms with Crippen molar-refractivity contribution < 1.29 is 4.74 Å². The van der Waals surface area contributed by atoms with Gasteiger partial charge in [-0.2, -0.15) is 0 Å². The van der Waals surface area contributed by atoms with Crippen molar-refractivity contribution in [3.8, 4) is 0 Å².